The number of allylic oxidation sites excluding steroid dienone is 1. The van der Waals surface area contributed by atoms with Gasteiger partial charge in [0.15, 0.2) is 0 Å². The summed E-state index contributed by atoms with van der Waals surface area (Å²) in [6.07, 6.45) is 5.34. The van der Waals surface area contributed by atoms with Crippen molar-refractivity contribution in [3.63, 3.8) is 0 Å². The second kappa shape index (κ2) is 5.47. The molecule has 20 heavy (non-hydrogen) atoms. The molecule has 0 radical (unpaired) electrons. The minimum absolute atomic E-state index is 0.0664. The number of aromatic nitrogens is 1. The first-order chi connectivity index (χ1) is 9.74. The molecule has 100 valence electrons. The minimum Gasteiger partial charge on any atom is -0.321 e. The van der Waals surface area contributed by atoms with Gasteiger partial charge >= 0.3 is 0 Å². The lowest BCUT2D eigenvalue weighted by molar-refractivity contribution is -0.110. The zero-order valence-electron chi connectivity index (χ0n) is 10.8. The summed E-state index contributed by atoms with van der Waals surface area (Å²) >= 11 is 5.92. The number of fused-ring (bicyclic) bond motifs is 1. The number of carbonyl (C=O) groups excluding carboxylic acids is 1. The van der Waals surface area contributed by atoms with Crippen molar-refractivity contribution in [1.29, 1.82) is 0 Å². The van der Waals surface area contributed by atoms with Crippen molar-refractivity contribution in [1.82, 2.24) is 4.98 Å². The number of hydrogen-bond acceptors (Lipinski definition) is 2. The van der Waals surface area contributed by atoms with Gasteiger partial charge in [-0.15, -0.1) is 0 Å². The predicted molar refractivity (Wildman–Crippen MR) is 80.6 cm³/mol. The van der Waals surface area contributed by atoms with Crippen molar-refractivity contribution in [3.8, 4) is 0 Å². The maximum absolute atomic E-state index is 11.9. The molecular formula is C16H13ClN2O. The number of anilines is 1. The van der Waals surface area contributed by atoms with Gasteiger partial charge in [-0.05, 0) is 37.1 Å². The summed E-state index contributed by atoms with van der Waals surface area (Å²) in [6, 6.07) is 11.3. The topological polar surface area (TPSA) is 42.0 Å². The third kappa shape index (κ3) is 2.58. The zero-order chi connectivity index (χ0) is 13.9. The number of nitrogens with zero attached hydrogens (tertiary/aromatic N) is 1. The van der Waals surface area contributed by atoms with Crippen molar-refractivity contribution < 1.29 is 4.79 Å². The highest BCUT2D eigenvalue weighted by Crippen LogP contribution is 2.33. The Morgan fingerprint density at radius 3 is 2.95 bits per heavy atom. The molecule has 3 rings (SSSR count). The predicted octanol–water partition coefficient (Wildman–Crippen LogP) is 3.70. The number of halogens is 1. The van der Waals surface area contributed by atoms with Crippen molar-refractivity contribution in [2.24, 2.45) is 0 Å². The van der Waals surface area contributed by atoms with Gasteiger partial charge in [0, 0.05) is 28.0 Å². The van der Waals surface area contributed by atoms with E-state index in [4.69, 9.17) is 11.6 Å². The van der Waals surface area contributed by atoms with E-state index in [2.05, 4.69) is 10.3 Å². The Hall–Kier alpha value is -2.13. The van der Waals surface area contributed by atoms with Crippen LogP contribution in [0.4, 0.5) is 5.69 Å². The summed E-state index contributed by atoms with van der Waals surface area (Å²) in [5.74, 6) is -0.0664. The molecule has 0 saturated heterocycles. The van der Waals surface area contributed by atoms with Gasteiger partial charge in [0.1, 0.15) is 0 Å². The quantitative estimate of drug-likeness (QED) is 0.873. The number of rotatable bonds is 3. The number of amides is 1. The Labute approximate surface area is 122 Å². The van der Waals surface area contributed by atoms with Crippen LogP contribution in [0.15, 0.2) is 48.7 Å². The van der Waals surface area contributed by atoms with E-state index in [1.54, 1.807) is 18.3 Å². The first-order valence-electron chi connectivity index (χ1n) is 6.45. The van der Waals surface area contributed by atoms with Crippen LogP contribution in [0.3, 0.4) is 0 Å². The maximum atomic E-state index is 11.9. The fraction of sp³-hybridized carbons (Fsp3) is 0.125. The Morgan fingerprint density at radius 1 is 1.25 bits per heavy atom. The lowest BCUT2D eigenvalue weighted by Crippen LogP contribution is -2.03. The fourth-order valence-corrected chi connectivity index (χ4v) is 2.45. The summed E-state index contributed by atoms with van der Waals surface area (Å²) in [7, 11) is 0. The van der Waals surface area contributed by atoms with Crippen molar-refractivity contribution in [2.45, 2.75) is 12.8 Å². The Kier molecular flexibility index (Phi) is 3.52. The van der Waals surface area contributed by atoms with Crippen molar-refractivity contribution in [3.05, 3.63) is 65.0 Å². The zero-order valence-corrected chi connectivity index (χ0v) is 11.5. The first-order valence-corrected chi connectivity index (χ1v) is 6.83. The summed E-state index contributed by atoms with van der Waals surface area (Å²) in [5.41, 5.74) is 3.44. The SMILES string of the molecule is O=C1Nc2cc(Cl)ccc2/C1=C\CCc1ccccn1. The van der Waals surface area contributed by atoms with Gasteiger partial charge in [-0.3, -0.25) is 9.78 Å². The van der Waals surface area contributed by atoms with Crippen LogP contribution in [-0.2, 0) is 11.2 Å². The monoisotopic (exact) mass is 284 g/mol. The van der Waals surface area contributed by atoms with Crippen molar-refractivity contribution >= 4 is 28.8 Å². The lowest BCUT2D eigenvalue weighted by Gasteiger charge is -1.99. The van der Waals surface area contributed by atoms with Gasteiger partial charge in [-0.2, -0.15) is 0 Å². The molecule has 1 aliphatic heterocycles. The molecule has 1 N–H and O–H groups in total. The third-order valence-electron chi connectivity index (χ3n) is 3.24. The van der Waals surface area contributed by atoms with Crippen LogP contribution < -0.4 is 5.32 Å². The third-order valence-corrected chi connectivity index (χ3v) is 3.47. The molecule has 1 aromatic heterocycles. The Balaban J connectivity index is 1.77. The van der Waals surface area contributed by atoms with Gasteiger partial charge in [0.2, 0.25) is 0 Å². The number of pyridine rings is 1. The summed E-state index contributed by atoms with van der Waals surface area (Å²) in [4.78, 5) is 16.2. The van der Waals surface area contributed by atoms with Gasteiger partial charge in [-0.25, -0.2) is 0 Å². The van der Waals surface area contributed by atoms with E-state index < -0.39 is 0 Å². The number of carbonyl (C=O) groups is 1. The summed E-state index contributed by atoms with van der Waals surface area (Å²) in [5, 5.41) is 3.45. The van der Waals surface area contributed by atoms with Crippen LogP contribution >= 0.6 is 11.6 Å². The molecule has 1 aromatic carbocycles. The fourth-order valence-electron chi connectivity index (χ4n) is 2.28. The second-order valence-electron chi connectivity index (χ2n) is 4.62. The van der Waals surface area contributed by atoms with E-state index in [1.807, 2.05) is 30.3 Å². The smallest absolute Gasteiger partial charge is 0.256 e. The van der Waals surface area contributed by atoms with Crippen LogP contribution in [0, 0.1) is 0 Å². The Bertz CT molecular complexity index is 680. The molecule has 0 aliphatic carbocycles. The van der Waals surface area contributed by atoms with Crippen LogP contribution in [0.25, 0.3) is 5.57 Å². The number of benzene rings is 1. The van der Waals surface area contributed by atoms with Crippen LogP contribution in [0.1, 0.15) is 17.7 Å². The highest BCUT2D eigenvalue weighted by atomic mass is 35.5. The second-order valence-corrected chi connectivity index (χ2v) is 5.06. The van der Waals surface area contributed by atoms with Gasteiger partial charge < -0.3 is 5.32 Å². The van der Waals surface area contributed by atoms with Crippen LogP contribution in [-0.4, -0.2) is 10.9 Å². The van der Waals surface area contributed by atoms with Crippen LogP contribution in [0.2, 0.25) is 5.02 Å². The maximum Gasteiger partial charge on any atom is 0.256 e. The minimum atomic E-state index is -0.0664. The molecule has 0 atom stereocenters. The summed E-state index contributed by atoms with van der Waals surface area (Å²) in [6.45, 7) is 0. The van der Waals surface area contributed by atoms with Gasteiger partial charge in [0.05, 0.1) is 5.69 Å². The summed E-state index contributed by atoms with van der Waals surface area (Å²) < 4.78 is 0. The molecule has 1 aliphatic rings. The molecule has 0 fully saturated rings. The largest absolute Gasteiger partial charge is 0.321 e. The lowest BCUT2D eigenvalue weighted by atomic mass is 10.0. The van der Waals surface area contributed by atoms with E-state index in [0.717, 1.165) is 29.8 Å². The van der Waals surface area contributed by atoms with Gasteiger partial charge in [-0.1, -0.05) is 29.8 Å². The molecule has 3 nitrogen and oxygen atoms in total. The Morgan fingerprint density at radius 2 is 2.15 bits per heavy atom. The molecule has 2 heterocycles. The molecule has 0 spiro atoms. The van der Waals surface area contributed by atoms with E-state index in [1.165, 1.54) is 0 Å². The standard InChI is InChI=1S/C16H13ClN2O/c17-11-7-8-13-14(16(20)19-15(13)10-11)6-3-5-12-4-1-2-9-18-12/h1-2,4,6-10H,3,5H2,(H,19,20)/b14-6+. The number of nitrogens with one attached hydrogen (secondary N) is 1. The normalized spacial score (nSPS) is 15.2. The van der Waals surface area contributed by atoms with E-state index in [-0.39, 0.29) is 5.91 Å². The highest BCUT2D eigenvalue weighted by molar-refractivity contribution is 6.34. The molecule has 0 saturated carbocycles. The highest BCUT2D eigenvalue weighted by Gasteiger charge is 2.23. The van der Waals surface area contributed by atoms with Crippen molar-refractivity contribution in [2.75, 3.05) is 5.32 Å². The van der Waals surface area contributed by atoms with E-state index in [0.29, 0.717) is 10.6 Å². The van der Waals surface area contributed by atoms with Gasteiger partial charge in [0.25, 0.3) is 5.91 Å². The molecular weight excluding hydrogens is 272 g/mol. The average molecular weight is 285 g/mol. The first kappa shape index (κ1) is 12.9. The number of hydrogen-bond donors (Lipinski definition) is 1. The average Bonchev–Trinajstić information content (AvgIpc) is 2.75. The molecule has 0 unspecified atom stereocenters. The van der Waals surface area contributed by atoms with E-state index in [9.17, 15) is 4.79 Å². The van der Waals surface area contributed by atoms with E-state index >= 15 is 0 Å². The molecule has 1 amide bonds. The number of aryl methyl sites for hydroxylation is 1. The molecule has 0 bridgehead atoms. The molecule has 4 heteroatoms. The molecule has 2 aromatic rings. The van der Waals surface area contributed by atoms with Crippen LogP contribution in [0.5, 0.6) is 0 Å².